The second kappa shape index (κ2) is 5.96. The number of benzene rings is 1. The highest BCUT2D eigenvalue weighted by molar-refractivity contribution is 5.58. The number of hydrogen-bond acceptors (Lipinski definition) is 6. The predicted molar refractivity (Wildman–Crippen MR) is 70.2 cm³/mol. The lowest BCUT2D eigenvalue weighted by atomic mass is 10.1. The van der Waals surface area contributed by atoms with Gasteiger partial charge >= 0.3 is 0 Å². The van der Waals surface area contributed by atoms with Crippen LogP contribution in [0.1, 0.15) is 0 Å². The SMILES string of the molecule is COc1ccc(-c2nnc(NCCO)[nH]c2=O)cc1. The number of nitrogens with zero attached hydrogens (tertiary/aromatic N) is 2. The van der Waals surface area contributed by atoms with E-state index in [9.17, 15) is 4.79 Å². The number of aromatic amines is 1. The van der Waals surface area contributed by atoms with E-state index in [4.69, 9.17) is 9.84 Å². The normalized spacial score (nSPS) is 10.2. The number of aliphatic hydroxyl groups is 1. The van der Waals surface area contributed by atoms with Gasteiger partial charge in [-0.2, -0.15) is 0 Å². The Kier molecular flexibility index (Phi) is 4.09. The van der Waals surface area contributed by atoms with Gasteiger partial charge < -0.3 is 15.2 Å². The number of aliphatic hydroxyl groups excluding tert-OH is 1. The number of anilines is 1. The molecule has 1 aromatic carbocycles. The van der Waals surface area contributed by atoms with Crippen molar-refractivity contribution in [1.82, 2.24) is 15.2 Å². The summed E-state index contributed by atoms with van der Waals surface area (Å²) in [5.74, 6) is 0.936. The first kappa shape index (κ1) is 13.0. The Balaban J connectivity index is 2.27. The van der Waals surface area contributed by atoms with Crippen LogP contribution in [0.25, 0.3) is 11.3 Å². The van der Waals surface area contributed by atoms with Gasteiger partial charge in [-0.15, -0.1) is 10.2 Å². The van der Waals surface area contributed by atoms with Crippen molar-refractivity contribution in [2.75, 3.05) is 25.6 Å². The van der Waals surface area contributed by atoms with Crippen LogP contribution in [-0.4, -0.2) is 40.5 Å². The van der Waals surface area contributed by atoms with E-state index < -0.39 is 0 Å². The second-order valence-electron chi connectivity index (χ2n) is 3.73. The summed E-state index contributed by atoms with van der Waals surface area (Å²) in [5.41, 5.74) is 0.543. The third kappa shape index (κ3) is 3.08. The minimum absolute atomic E-state index is 0.0516. The lowest BCUT2D eigenvalue weighted by Crippen LogP contribution is -2.18. The molecule has 0 atom stereocenters. The molecule has 7 nitrogen and oxygen atoms in total. The molecule has 0 aliphatic carbocycles. The number of methoxy groups -OCH3 is 1. The van der Waals surface area contributed by atoms with Gasteiger partial charge in [-0.3, -0.25) is 9.78 Å². The van der Waals surface area contributed by atoms with Crippen molar-refractivity contribution in [1.29, 1.82) is 0 Å². The van der Waals surface area contributed by atoms with Crippen molar-refractivity contribution < 1.29 is 9.84 Å². The van der Waals surface area contributed by atoms with Gasteiger partial charge in [0.05, 0.1) is 13.7 Å². The standard InChI is InChI=1S/C12H14N4O3/c1-19-9-4-2-8(3-5-9)10-11(18)14-12(16-15-10)13-6-7-17/h2-5,17H,6-7H2,1H3,(H2,13,14,16,18). The number of rotatable bonds is 5. The molecular weight excluding hydrogens is 248 g/mol. The molecule has 0 saturated carbocycles. The van der Waals surface area contributed by atoms with E-state index >= 15 is 0 Å². The molecule has 0 spiro atoms. The van der Waals surface area contributed by atoms with E-state index in [0.717, 1.165) is 0 Å². The Morgan fingerprint density at radius 1 is 1.32 bits per heavy atom. The van der Waals surface area contributed by atoms with Gasteiger partial charge in [-0.25, -0.2) is 0 Å². The molecule has 0 fully saturated rings. The zero-order valence-corrected chi connectivity index (χ0v) is 10.4. The predicted octanol–water partition coefficient (Wildman–Crippen LogP) is 0.245. The summed E-state index contributed by atoms with van der Waals surface area (Å²) in [6.45, 7) is 0.246. The first-order valence-corrected chi connectivity index (χ1v) is 5.70. The van der Waals surface area contributed by atoms with Gasteiger partial charge in [-0.1, -0.05) is 0 Å². The largest absolute Gasteiger partial charge is 0.497 e. The molecule has 1 aromatic heterocycles. The average molecular weight is 262 g/mol. The first-order chi connectivity index (χ1) is 9.24. The summed E-state index contributed by atoms with van der Waals surface area (Å²) >= 11 is 0. The van der Waals surface area contributed by atoms with Crippen molar-refractivity contribution in [3.05, 3.63) is 34.6 Å². The summed E-state index contributed by atoms with van der Waals surface area (Å²) in [6, 6.07) is 6.96. The third-order valence-corrected chi connectivity index (χ3v) is 2.46. The minimum atomic E-state index is -0.347. The van der Waals surface area contributed by atoms with Crippen molar-refractivity contribution in [2.45, 2.75) is 0 Å². The van der Waals surface area contributed by atoms with Gasteiger partial charge in [0.25, 0.3) is 5.56 Å². The van der Waals surface area contributed by atoms with E-state index in [1.54, 1.807) is 31.4 Å². The van der Waals surface area contributed by atoms with Gasteiger partial charge in [0, 0.05) is 12.1 Å². The fourth-order valence-corrected chi connectivity index (χ4v) is 1.53. The van der Waals surface area contributed by atoms with Crippen molar-refractivity contribution in [3.63, 3.8) is 0 Å². The highest BCUT2D eigenvalue weighted by atomic mass is 16.5. The number of aromatic nitrogens is 3. The maximum Gasteiger partial charge on any atom is 0.279 e. The molecule has 2 rings (SSSR count). The molecule has 0 aliphatic rings. The van der Waals surface area contributed by atoms with E-state index in [0.29, 0.717) is 17.9 Å². The maximum atomic E-state index is 11.9. The summed E-state index contributed by atoms with van der Waals surface area (Å²) in [7, 11) is 1.57. The van der Waals surface area contributed by atoms with E-state index in [2.05, 4.69) is 20.5 Å². The maximum absolute atomic E-state index is 11.9. The van der Waals surface area contributed by atoms with Gasteiger partial charge in [-0.05, 0) is 24.3 Å². The van der Waals surface area contributed by atoms with Crippen LogP contribution in [-0.2, 0) is 0 Å². The first-order valence-electron chi connectivity index (χ1n) is 5.70. The fraction of sp³-hybridized carbons (Fsp3) is 0.250. The Hall–Kier alpha value is -2.41. The molecule has 0 bridgehead atoms. The molecule has 1 heterocycles. The van der Waals surface area contributed by atoms with E-state index in [1.165, 1.54) is 0 Å². The van der Waals surface area contributed by atoms with Crippen LogP contribution < -0.4 is 15.6 Å². The minimum Gasteiger partial charge on any atom is -0.497 e. The summed E-state index contributed by atoms with van der Waals surface area (Å²) in [6.07, 6.45) is 0. The monoisotopic (exact) mass is 262 g/mol. The average Bonchev–Trinajstić information content (AvgIpc) is 2.45. The number of H-pyrrole nitrogens is 1. The highest BCUT2D eigenvalue weighted by Crippen LogP contribution is 2.17. The molecule has 0 saturated heterocycles. The van der Waals surface area contributed by atoms with Crippen LogP contribution in [0, 0.1) is 0 Å². The third-order valence-electron chi connectivity index (χ3n) is 2.46. The van der Waals surface area contributed by atoms with Crippen molar-refractivity contribution >= 4 is 5.95 Å². The smallest absolute Gasteiger partial charge is 0.279 e. The summed E-state index contributed by atoms with van der Waals surface area (Å²) < 4.78 is 5.04. The highest BCUT2D eigenvalue weighted by Gasteiger charge is 2.07. The number of hydrogen-bond donors (Lipinski definition) is 3. The second-order valence-corrected chi connectivity index (χ2v) is 3.73. The lowest BCUT2D eigenvalue weighted by Gasteiger charge is -2.04. The molecular formula is C12H14N4O3. The molecule has 0 radical (unpaired) electrons. The molecule has 2 aromatic rings. The zero-order valence-electron chi connectivity index (χ0n) is 10.4. The number of ether oxygens (including phenoxy) is 1. The zero-order chi connectivity index (χ0) is 13.7. The van der Waals surface area contributed by atoms with Crippen molar-refractivity contribution in [2.24, 2.45) is 0 Å². The van der Waals surface area contributed by atoms with Crippen LogP contribution in [0.4, 0.5) is 5.95 Å². The molecule has 0 aliphatic heterocycles. The number of nitrogens with one attached hydrogen (secondary N) is 2. The molecule has 0 amide bonds. The van der Waals surface area contributed by atoms with E-state index in [-0.39, 0.29) is 23.8 Å². The van der Waals surface area contributed by atoms with Crippen LogP contribution in [0.2, 0.25) is 0 Å². The molecule has 7 heteroatoms. The summed E-state index contributed by atoms with van der Waals surface area (Å²) in [5, 5.41) is 19.1. The summed E-state index contributed by atoms with van der Waals surface area (Å²) in [4.78, 5) is 14.4. The fourth-order valence-electron chi connectivity index (χ4n) is 1.53. The quantitative estimate of drug-likeness (QED) is 0.714. The lowest BCUT2D eigenvalue weighted by molar-refractivity contribution is 0.310. The Labute approximate surface area is 109 Å². The molecule has 0 unspecified atom stereocenters. The topological polar surface area (TPSA) is 100 Å². The van der Waals surface area contributed by atoms with Crippen LogP contribution >= 0.6 is 0 Å². The molecule has 3 N–H and O–H groups in total. The van der Waals surface area contributed by atoms with Crippen molar-refractivity contribution in [3.8, 4) is 17.0 Å². The molecule has 19 heavy (non-hydrogen) atoms. The van der Waals surface area contributed by atoms with Gasteiger partial charge in [0.1, 0.15) is 5.75 Å². The van der Waals surface area contributed by atoms with Crippen LogP contribution in [0.3, 0.4) is 0 Å². The van der Waals surface area contributed by atoms with Crippen LogP contribution in [0.15, 0.2) is 29.1 Å². The van der Waals surface area contributed by atoms with Gasteiger partial charge in [0.15, 0.2) is 5.69 Å². The van der Waals surface area contributed by atoms with Crippen LogP contribution in [0.5, 0.6) is 5.75 Å². The Morgan fingerprint density at radius 2 is 2.05 bits per heavy atom. The molecule has 100 valence electrons. The van der Waals surface area contributed by atoms with E-state index in [1.807, 2.05) is 0 Å². The Morgan fingerprint density at radius 3 is 2.63 bits per heavy atom. The van der Waals surface area contributed by atoms with Gasteiger partial charge in [0.2, 0.25) is 5.95 Å². The Bertz CT molecular complexity index is 595.